The molecule has 0 saturated carbocycles. The van der Waals surface area contributed by atoms with Gasteiger partial charge in [0.2, 0.25) is 0 Å². The van der Waals surface area contributed by atoms with E-state index in [4.69, 9.17) is 5.11 Å². The second-order valence-corrected chi connectivity index (χ2v) is 5.97. The molecule has 0 aromatic heterocycles. The molecule has 1 aliphatic rings. The van der Waals surface area contributed by atoms with E-state index in [1.54, 1.807) is 0 Å². The molecule has 0 saturated heterocycles. The number of thioether (sulfide) groups is 1. The largest absolute Gasteiger partial charge is 0.481 e. The average Bonchev–Trinajstić information content (AvgIpc) is 2.24. The summed E-state index contributed by atoms with van der Waals surface area (Å²) in [5.41, 5.74) is 2.43. The number of fused-ring (bicyclic) bond motifs is 1. The van der Waals surface area contributed by atoms with Crippen molar-refractivity contribution in [1.82, 2.24) is 0 Å². The summed E-state index contributed by atoms with van der Waals surface area (Å²) in [4.78, 5) is 14.1. The van der Waals surface area contributed by atoms with Crippen LogP contribution in [0.25, 0.3) is 0 Å². The van der Waals surface area contributed by atoms with Gasteiger partial charge in [0, 0.05) is 23.2 Å². The Bertz CT molecular complexity index is 433. The van der Waals surface area contributed by atoms with Crippen LogP contribution in [0.3, 0.4) is 0 Å². The number of rotatable bonds is 3. The van der Waals surface area contributed by atoms with E-state index in [2.05, 4.69) is 36.9 Å². The molecule has 92 valence electrons. The molecule has 4 heteroatoms. The van der Waals surface area contributed by atoms with Gasteiger partial charge in [-0.1, -0.05) is 13.0 Å². The van der Waals surface area contributed by atoms with Crippen molar-refractivity contribution < 1.29 is 9.90 Å². The summed E-state index contributed by atoms with van der Waals surface area (Å²) in [6.07, 6.45) is 0.199. The summed E-state index contributed by atoms with van der Waals surface area (Å²) in [6.45, 7) is 5.79. The van der Waals surface area contributed by atoms with Crippen molar-refractivity contribution in [3.8, 4) is 0 Å². The maximum Gasteiger partial charge on any atom is 0.305 e. The molecule has 1 heterocycles. The molecule has 1 aromatic carbocycles. The minimum absolute atomic E-state index is 0.199. The van der Waals surface area contributed by atoms with Gasteiger partial charge in [0.15, 0.2) is 0 Å². The molecule has 17 heavy (non-hydrogen) atoms. The number of carbonyl (C=O) groups is 1. The second kappa shape index (κ2) is 5.00. The molecule has 1 aliphatic heterocycles. The van der Waals surface area contributed by atoms with Crippen molar-refractivity contribution in [3.05, 3.63) is 23.8 Å². The van der Waals surface area contributed by atoms with E-state index in [0.717, 1.165) is 6.54 Å². The standard InChI is InChI=1S/C13H17NO2S/c1-9-3-4-11-12(7-9)17-10(2)8-14(11)6-5-13(15)16/h3-4,7,10H,5-6,8H2,1-2H3,(H,15,16). The van der Waals surface area contributed by atoms with Gasteiger partial charge >= 0.3 is 5.97 Å². The van der Waals surface area contributed by atoms with E-state index in [0.29, 0.717) is 11.8 Å². The highest BCUT2D eigenvalue weighted by Gasteiger charge is 2.22. The van der Waals surface area contributed by atoms with Crippen LogP contribution in [0.5, 0.6) is 0 Å². The SMILES string of the molecule is Cc1ccc2c(c1)SC(C)CN2CCC(=O)O. The van der Waals surface area contributed by atoms with E-state index in [-0.39, 0.29) is 6.42 Å². The van der Waals surface area contributed by atoms with Crippen LogP contribution in [-0.4, -0.2) is 29.4 Å². The molecule has 0 radical (unpaired) electrons. The Morgan fingerprint density at radius 2 is 2.35 bits per heavy atom. The van der Waals surface area contributed by atoms with Gasteiger partial charge in [0.05, 0.1) is 12.1 Å². The number of carboxylic acids is 1. The van der Waals surface area contributed by atoms with Crippen LogP contribution in [-0.2, 0) is 4.79 Å². The van der Waals surface area contributed by atoms with E-state index in [1.165, 1.54) is 16.1 Å². The lowest BCUT2D eigenvalue weighted by Gasteiger charge is -2.34. The molecule has 0 aliphatic carbocycles. The smallest absolute Gasteiger partial charge is 0.305 e. The quantitative estimate of drug-likeness (QED) is 0.896. The summed E-state index contributed by atoms with van der Waals surface area (Å²) >= 11 is 1.87. The maximum absolute atomic E-state index is 10.7. The summed E-state index contributed by atoms with van der Waals surface area (Å²) in [5.74, 6) is -0.732. The highest BCUT2D eigenvalue weighted by Crippen LogP contribution is 2.38. The summed E-state index contributed by atoms with van der Waals surface area (Å²) in [6, 6.07) is 6.37. The number of benzene rings is 1. The normalized spacial score (nSPS) is 18.9. The van der Waals surface area contributed by atoms with Crippen molar-refractivity contribution in [2.75, 3.05) is 18.0 Å². The Kier molecular flexibility index (Phi) is 3.62. The van der Waals surface area contributed by atoms with Crippen molar-refractivity contribution in [2.45, 2.75) is 30.4 Å². The number of carboxylic acid groups (broad SMARTS) is 1. The molecular weight excluding hydrogens is 234 g/mol. The van der Waals surface area contributed by atoms with Crippen LogP contribution in [0.2, 0.25) is 0 Å². The van der Waals surface area contributed by atoms with E-state index >= 15 is 0 Å². The zero-order valence-corrected chi connectivity index (χ0v) is 11.0. The Morgan fingerprint density at radius 1 is 1.59 bits per heavy atom. The van der Waals surface area contributed by atoms with Crippen LogP contribution in [0, 0.1) is 6.92 Å². The van der Waals surface area contributed by atoms with Crippen LogP contribution in [0.15, 0.2) is 23.1 Å². The predicted octanol–water partition coefficient (Wildman–Crippen LogP) is 2.77. The van der Waals surface area contributed by atoms with Gasteiger partial charge in [-0.05, 0) is 24.6 Å². The number of aryl methyl sites for hydroxylation is 1. The summed E-state index contributed by atoms with van der Waals surface area (Å²) in [5, 5.41) is 9.28. The Morgan fingerprint density at radius 3 is 3.06 bits per heavy atom. The van der Waals surface area contributed by atoms with E-state index < -0.39 is 5.97 Å². The molecular formula is C13H17NO2S. The highest BCUT2D eigenvalue weighted by atomic mass is 32.2. The lowest BCUT2D eigenvalue weighted by molar-refractivity contribution is -0.136. The van der Waals surface area contributed by atoms with Crippen molar-refractivity contribution >= 4 is 23.4 Å². The van der Waals surface area contributed by atoms with E-state index in [1.807, 2.05) is 11.8 Å². The lowest BCUT2D eigenvalue weighted by Crippen LogP contribution is -2.35. The van der Waals surface area contributed by atoms with Crippen molar-refractivity contribution in [2.24, 2.45) is 0 Å². The summed E-state index contributed by atoms with van der Waals surface area (Å²) in [7, 11) is 0. The first-order valence-corrected chi connectivity index (χ1v) is 6.68. The third-order valence-electron chi connectivity index (χ3n) is 2.86. The van der Waals surface area contributed by atoms with Gasteiger partial charge in [0.25, 0.3) is 0 Å². The van der Waals surface area contributed by atoms with Gasteiger partial charge < -0.3 is 10.0 Å². The van der Waals surface area contributed by atoms with Crippen molar-refractivity contribution in [1.29, 1.82) is 0 Å². The summed E-state index contributed by atoms with van der Waals surface area (Å²) < 4.78 is 0. The highest BCUT2D eigenvalue weighted by molar-refractivity contribution is 8.00. The number of aliphatic carboxylic acids is 1. The van der Waals surface area contributed by atoms with Crippen LogP contribution >= 0.6 is 11.8 Å². The van der Waals surface area contributed by atoms with Gasteiger partial charge in [-0.25, -0.2) is 0 Å². The van der Waals surface area contributed by atoms with Gasteiger partial charge in [-0.3, -0.25) is 4.79 Å². The van der Waals surface area contributed by atoms with E-state index in [9.17, 15) is 4.79 Å². The first-order chi connectivity index (χ1) is 8.06. The first-order valence-electron chi connectivity index (χ1n) is 5.80. The molecule has 0 fully saturated rings. The molecule has 0 bridgehead atoms. The molecule has 1 N–H and O–H groups in total. The number of hydrogen-bond acceptors (Lipinski definition) is 3. The lowest BCUT2D eigenvalue weighted by atomic mass is 10.2. The Balaban J connectivity index is 2.21. The monoisotopic (exact) mass is 251 g/mol. The second-order valence-electron chi connectivity index (χ2n) is 4.49. The molecule has 1 aromatic rings. The predicted molar refractivity (Wildman–Crippen MR) is 71.0 cm³/mol. The molecule has 1 unspecified atom stereocenters. The molecule has 2 rings (SSSR count). The zero-order chi connectivity index (χ0) is 12.4. The maximum atomic E-state index is 10.7. The topological polar surface area (TPSA) is 40.5 Å². The average molecular weight is 251 g/mol. The fourth-order valence-corrected chi connectivity index (χ4v) is 3.34. The molecule has 0 spiro atoms. The minimum Gasteiger partial charge on any atom is -0.481 e. The zero-order valence-electron chi connectivity index (χ0n) is 10.1. The van der Waals surface area contributed by atoms with Gasteiger partial charge in [-0.2, -0.15) is 0 Å². The van der Waals surface area contributed by atoms with Gasteiger partial charge in [0.1, 0.15) is 0 Å². The Hall–Kier alpha value is -1.16. The number of hydrogen-bond donors (Lipinski definition) is 1. The van der Waals surface area contributed by atoms with Crippen molar-refractivity contribution in [3.63, 3.8) is 0 Å². The van der Waals surface area contributed by atoms with Crippen LogP contribution in [0.1, 0.15) is 18.9 Å². The Labute approximate surface area is 106 Å². The van der Waals surface area contributed by atoms with Gasteiger partial charge in [-0.15, -0.1) is 11.8 Å². The minimum atomic E-state index is -0.732. The fourth-order valence-electron chi connectivity index (χ4n) is 2.08. The molecule has 0 amide bonds. The fraction of sp³-hybridized carbons (Fsp3) is 0.462. The molecule has 1 atom stereocenters. The molecule has 3 nitrogen and oxygen atoms in total. The number of anilines is 1. The number of nitrogens with zero attached hydrogens (tertiary/aromatic N) is 1. The third kappa shape index (κ3) is 2.94. The third-order valence-corrected chi connectivity index (χ3v) is 3.99. The van der Waals surface area contributed by atoms with Crippen LogP contribution < -0.4 is 4.90 Å². The first kappa shape index (κ1) is 12.3. The van der Waals surface area contributed by atoms with Crippen LogP contribution in [0.4, 0.5) is 5.69 Å².